The van der Waals surface area contributed by atoms with E-state index in [-0.39, 0.29) is 6.61 Å². The minimum absolute atomic E-state index is 0.267. The SMILES string of the molecule is C[SiH]1OCCCC[Si](C)(CCCOCCC(F)(F)F)O[SiH](C)O[SiH](C)O1. The van der Waals surface area contributed by atoms with Crippen LogP contribution in [0.3, 0.4) is 0 Å². The Labute approximate surface area is 161 Å². The molecule has 1 aliphatic heterocycles. The molecule has 0 aliphatic carbocycles. The first-order valence-electron chi connectivity index (χ1n) is 9.34. The number of hydrogen-bond donors (Lipinski definition) is 0. The van der Waals surface area contributed by atoms with E-state index in [1.165, 1.54) is 0 Å². The summed E-state index contributed by atoms with van der Waals surface area (Å²) in [5, 5.41) is 0. The van der Waals surface area contributed by atoms with Gasteiger partial charge in [0.2, 0.25) is 0 Å². The lowest BCUT2D eigenvalue weighted by Gasteiger charge is -2.33. The fourth-order valence-electron chi connectivity index (χ4n) is 2.97. The first-order valence-corrected chi connectivity index (χ1v) is 18.5. The number of rotatable bonds is 6. The van der Waals surface area contributed by atoms with Crippen LogP contribution < -0.4 is 0 Å². The highest BCUT2D eigenvalue weighted by Crippen LogP contribution is 2.25. The molecule has 1 aliphatic rings. The molecule has 1 rings (SSSR count). The van der Waals surface area contributed by atoms with Crippen molar-refractivity contribution in [3.8, 4) is 0 Å². The summed E-state index contributed by atoms with van der Waals surface area (Å²) < 4.78 is 65.6. The van der Waals surface area contributed by atoms with Crippen molar-refractivity contribution in [3.05, 3.63) is 0 Å². The van der Waals surface area contributed by atoms with Crippen molar-refractivity contribution < 1.29 is 34.7 Å². The molecule has 1 heterocycles. The average molecular weight is 451 g/mol. The van der Waals surface area contributed by atoms with Gasteiger partial charge in [-0.25, -0.2) is 0 Å². The quantitative estimate of drug-likeness (QED) is 0.459. The molecule has 0 spiro atoms. The maximum Gasteiger partial charge on any atom is 0.391 e. The van der Waals surface area contributed by atoms with Gasteiger partial charge in [0.1, 0.15) is 0 Å². The van der Waals surface area contributed by atoms with Crippen molar-refractivity contribution in [3.63, 3.8) is 0 Å². The zero-order chi connectivity index (χ0) is 19.6. The van der Waals surface area contributed by atoms with E-state index >= 15 is 0 Å². The third kappa shape index (κ3) is 12.0. The monoisotopic (exact) mass is 450 g/mol. The summed E-state index contributed by atoms with van der Waals surface area (Å²) in [5.74, 6) is 0. The van der Waals surface area contributed by atoms with Crippen LogP contribution in [0.25, 0.3) is 0 Å². The molecule has 0 aromatic carbocycles. The van der Waals surface area contributed by atoms with E-state index in [4.69, 9.17) is 21.5 Å². The second kappa shape index (κ2) is 12.1. The maximum absolute atomic E-state index is 12.1. The highest BCUT2D eigenvalue weighted by Gasteiger charge is 2.32. The summed E-state index contributed by atoms with van der Waals surface area (Å²) >= 11 is 0. The van der Waals surface area contributed by atoms with Crippen LogP contribution in [0.5, 0.6) is 0 Å². The Balaban J connectivity index is 2.43. The molecule has 4 atom stereocenters. The van der Waals surface area contributed by atoms with Crippen LogP contribution in [0.15, 0.2) is 0 Å². The van der Waals surface area contributed by atoms with Crippen LogP contribution in [0, 0.1) is 0 Å². The maximum atomic E-state index is 12.1. The molecule has 0 saturated carbocycles. The lowest BCUT2D eigenvalue weighted by molar-refractivity contribution is -0.145. The lowest BCUT2D eigenvalue weighted by Crippen LogP contribution is -2.44. The van der Waals surface area contributed by atoms with Gasteiger partial charge in [-0.1, -0.05) is 6.42 Å². The number of ether oxygens (including phenoxy) is 1. The molecular formula is C14H33F3O5Si4. The van der Waals surface area contributed by atoms with Gasteiger partial charge in [-0.15, -0.1) is 0 Å². The van der Waals surface area contributed by atoms with Crippen molar-refractivity contribution in [1.82, 2.24) is 0 Å². The van der Waals surface area contributed by atoms with E-state index in [1.54, 1.807) is 0 Å². The van der Waals surface area contributed by atoms with Crippen LogP contribution in [-0.4, -0.2) is 62.2 Å². The smallest absolute Gasteiger partial charge is 0.391 e. The Bertz CT molecular complexity index is 394. The Hall–Kier alpha value is 0.458. The summed E-state index contributed by atoms with van der Waals surface area (Å²) in [7, 11) is -7.05. The van der Waals surface area contributed by atoms with Crippen LogP contribution in [0.1, 0.15) is 25.7 Å². The minimum atomic E-state index is -4.15. The molecule has 4 unspecified atom stereocenters. The molecule has 0 amide bonds. The Morgan fingerprint density at radius 2 is 1.69 bits per heavy atom. The highest BCUT2D eigenvalue weighted by molar-refractivity contribution is 6.79. The Morgan fingerprint density at radius 1 is 1.00 bits per heavy atom. The fraction of sp³-hybridized carbons (Fsp3) is 1.00. The highest BCUT2D eigenvalue weighted by atomic mass is 28.4. The van der Waals surface area contributed by atoms with Crippen LogP contribution in [-0.2, 0) is 21.5 Å². The predicted molar refractivity (Wildman–Crippen MR) is 105 cm³/mol. The molecule has 26 heavy (non-hydrogen) atoms. The van der Waals surface area contributed by atoms with Crippen LogP contribution in [0.2, 0.25) is 38.3 Å². The largest absolute Gasteiger partial charge is 0.438 e. The van der Waals surface area contributed by atoms with Crippen molar-refractivity contribution in [2.24, 2.45) is 0 Å². The molecule has 0 aromatic rings. The third-order valence-corrected chi connectivity index (χ3v) is 17.5. The summed E-state index contributed by atoms with van der Waals surface area (Å²) in [6, 6.07) is 1.90. The minimum Gasteiger partial charge on any atom is -0.438 e. The molecular weight excluding hydrogens is 417 g/mol. The average Bonchev–Trinajstić information content (AvgIpc) is 2.48. The van der Waals surface area contributed by atoms with Crippen molar-refractivity contribution in [2.75, 3.05) is 19.8 Å². The first-order chi connectivity index (χ1) is 12.1. The zero-order valence-corrected chi connectivity index (χ0v) is 20.7. The number of hydrogen-bond acceptors (Lipinski definition) is 5. The molecule has 0 bridgehead atoms. The van der Waals surface area contributed by atoms with E-state index in [9.17, 15) is 13.2 Å². The molecule has 5 nitrogen and oxygen atoms in total. The van der Waals surface area contributed by atoms with Gasteiger partial charge in [0.25, 0.3) is 18.6 Å². The molecule has 12 heteroatoms. The fourth-order valence-corrected chi connectivity index (χ4v) is 15.9. The van der Waals surface area contributed by atoms with Crippen molar-refractivity contribution >= 4 is 36.2 Å². The summed E-state index contributed by atoms with van der Waals surface area (Å²) in [4.78, 5) is 0. The molecule has 0 N–H and O–H groups in total. The van der Waals surface area contributed by atoms with Gasteiger partial charge in [-0.3, -0.25) is 0 Å². The van der Waals surface area contributed by atoms with E-state index in [1.807, 2.05) is 19.6 Å². The normalized spacial score (nSPS) is 32.7. The number of halogens is 3. The Kier molecular flexibility index (Phi) is 11.4. The topological polar surface area (TPSA) is 46.2 Å². The van der Waals surface area contributed by atoms with E-state index < -0.39 is 48.8 Å². The summed E-state index contributed by atoms with van der Waals surface area (Å²) in [5.41, 5.74) is 0. The standard InChI is InChI=1S/C14H33F3O5Si4/c1-23-19-10-5-6-12-26(4,22-25(3)21-24(2)20-23)13-7-9-18-11-8-14(15,16)17/h23-25H,5-13H2,1-4H3. The van der Waals surface area contributed by atoms with Gasteiger partial charge in [0.05, 0.1) is 13.0 Å². The van der Waals surface area contributed by atoms with Gasteiger partial charge >= 0.3 is 15.5 Å². The van der Waals surface area contributed by atoms with Gasteiger partial charge in [0, 0.05) is 13.2 Å². The second-order valence-corrected chi connectivity index (χ2v) is 17.7. The molecule has 0 radical (unpaired) electrons. The third-order valence-electron chi connectivity index (χ3n) is 4.19. The summed E-state index contributed by atoms with van der Waals surface area (Å²) in [6.07, 6.45) is -2.29. The van der Waals surface area contributed by atoms with Crippen LogP contribution >= 0.6 is 0 Å². The molecule has 0 aromatic heterocycles. The van der Waals surface area contributed by atoms with Gasteiger partial charge in [0.15, 0.2) is 8.32 Å². The zero-order valence-electron chi connectivity index (χ0n) is 16.3. The Morgan fingerprint density at radius 3 is 2.38 bits per heavy atom. The van der Waals surface area contributed by atoms with Crippen LogP contribution in [0.4, 0.5) is 13.2 Å². The van der Waals surface area contributed by atoms with Gasteiger partial charge in [-0.05, 0) is 51.1 Å². The van der Waals surface area contributed by atoms with Gasteiger partial charge in [-0.2, -0.15) is 13.2 Å². The molecule has 156 valence electrons. The van der Waals surface area contributed by atoms with E-state index in [0.29, 0.717) is 13.2 Å². The summed E-state index contributed by atoms with van der Waals surface area (Å²) in [6.45, 7) is 9.08. The van der Waals surface area contributed by atoms with Gasteiger partial charge < -0.3 is 21.5 Å². The molecule has 1 saturated heterocycles. The second-order valence-electron chi connectivity index (χ2n) is 6.95. The first kappa shape index (κ1) is 24.5. The van der Waals surface area contributed by atoms with E-state index in [0.717, 1.165) is 31.4 Å². The van der Waals surface area contributed by atoms with E-state index in [2.05, 4.69) is 6.55 Å². The number of alkyl halides is 3. The van der Waals surface area contributed by atoms with Crippen molar-refractivity contribution in [1.29, 1.82) is 0 Å². The predicted octanol–water partition coefficient (Wildman–Crippen LogP) is 3.33. The molecule has 1 fully saturated rings. The van der Waals surface area contributed by atoms with Crippen molar-refractivity contribution in [2.45, 2.75) is 70.1 Å². The lowest BCUT2D eigenvalue weighted by atomic mass is 10.4.